The van der Waals surface area contributed by atoms with Crippen molar-refractivity contribution in [3.8, 4) is 0 Å². The van der Waals surface area contributed by atoms with Crippen LogP contribution < -0.4 is 0 Å². The summed E-state index contributed by atoms with van der Waals surface area (Å²) < 4.78 is 0. The molecule has 2 heteroatoms. The maximum Gasteiger partial charge on any atom is 0.0673 e. The van der Waals surface area contributed by atoms with Gasteiger partial charge in [0, 0.05) is 6.61 Å². The van der Waals surface area contributed by atoms with Crippen molar-refractivity contribution in [3.05, 3.63) is 0 Å². The molecule has 0 bridgehead atoms. The highest BCUT2D eigenvalue weighted by molar-refractivity contribution is 4.84. The molecule has 0 radical (unpaired) electrons. The van der Waals surface area contributed by atoms with Gasteiger partial charge in [-0.1, -0.05) is 188 Å². The highest BCUT2D eigenvalue weighted by Gasteiger charge is 2.32. The van der Waals surface area contributed by atoms with Gasteiger partial charge in [0.05, 0.1) is 5.60 Å². The van der Waals surface area contributed by atoms with Crippen LogP contribution in [0.4, 0.5) is 0 Å². The number of aliphatic hydroxyl groups excluding tert-OH is 1. The molecule has 0 heterocycles. The fraction of sp³-hybridized carbons (Fsp3) is 1.00. The van der Waals surface area contributed by atoms with E-state index in [-0.39, 0.29) is 0 Å². The number of hydrogen-bond donors (Lipinski definition) is 2. The second-order valence-corrected chi connectivity index (χ2v) is 12.9. The van der Waals surface area contributed by atoms with Crippen molar-refractivity contribution in [2.75, 3.05) is 6.61 Å². The Labute approximate surface area is 241 Å². The first-order chi connectivity index (χ1) is 18.6. The van der Waals surface area contributed by atoms with Gasteiger partial charge in [0.1, 0.15) is 0 Å². The van der Waals surface area contributed by atoms with Crippen LogP contribution in [0, 0.1) is 5.92 Å². The molecule has 0 spiro atoms. The summed E-state index contributed by atoms with van der Waals surface area (Å²) in [5.41, 5.74) is -0.425. The van der Waals surface area contributed by atoms with E-state index in [0.717, 1.165) is 19.3 Å². The van der Waals surface area contributed by atoms with Crippen molar-refractivity contribution in [1.29, 1.82) is 0 Å². The Morgan fingerprint density at radius 1 is 0.421 bits per heavy atom. The van der Waals surface area contributed by atoms with Gasteiger partial charge in [-0.15, -0.1) is 0 Å². The Morgan fingerprint density at radius 3 is 1.05 bits per heavy atom. The highest BCUT2D eigenvalue weighted by Crippen LogP contribution is 2.34. The molecule has 0 aliphatic rings. The molecule has 2 nitrogen and oxygen atoms in total. The maximum absolute atomic E-state index is 11.7. The number of hydrogen-bond acceptors (Lipinski definition) is 2. The van der Waals surface area contributed by atoms with Crippen LogP contribution in [0.5, 0.6) is 0 Å². The molecular formula is C36H74O2. The third kappa shape index (κ3) is 24.9. The lowest BCUT2D eigenvalue weighted by molar-refractivity contribution is -0.0350. The van der Waals surface area contributed by atoms with Crippen molar-refractivity contribution in [1.82, 2.24) is 0 Å². The third-order valence-corrected chi connectivity index (χ3v) is 9.14. The van der Waals surface area contributed by atoms with Gasteiger partial charge in [0.25, 0.3) is 0 Å². The lowest BCUT2D eigenvalue weighted by Crippen LogP contribution is -2.36. The fourth-order valence-corrected chi connectivity index (χ4v) is 6.17. The molecule has 0 aromatic heterocycles. The van der Waals surface area contributed by atoms with E-state index in [2.05, 4.69) is 20.8 Å². The van der Waals surface area contributed by atoms with Crippen molar-refractivity contribution in [3.63, 3.8) is 0 Å². The van der Waals surface area contributed by atoms with Crippen LogP contribution in [-0.4, -0.2) is 22.4 Å². The van der Waals surface area contributed by atoms with Gasteiger partial charge in [-0.3, -0.25) is 0 Å². The Kier molecular flexibility index (Phi) is 29.8. The molecule has 0 saturated heterocycles. The summed E-state index contributed by atoms with van der Waals surface area (Å²) >= 11 is 0. The summed E-state index contributed by atoms with van der Waals surface area (Å²) in [6, 6.07) is 0. The van der Waals surface area contributed by atoms with Gasteiger partial charge >= 0.3 is 0 Å². The average Bonchev–Trinajstić information content (AvgIpc) is 2.92. The number of unbranched alkanes of at least 4 members (excludes halogenated alkanes) is 24. The highest BCUT2D eigenvalue weighted by atomic mass is 16.3. The van der Waals surface area contributed by atoms with Gasteiger partial charge in [0.15, 0.2) is 0 Å². The first-order valence-electron chi connectivity index (χ1n) is 17.9. The van der Waals surface area contributed by atoms with E-state index < -0.39 is 5.60 Å². The average molecular weight is 539 g/mol. The van der Waals surface area contributed by atoms with Crippen LogP contribution in [-0.2, 0) is 0 Å². The smallest absolute Gasteiger partial charge is 0.0673 e. The van der Waals surface area contributed by atoms with Crippen LogP contribution in [0.3, 0.4) is 0 Å². The SMILES string of the molecule is CCCCCCCCCCCC(O)(CCCCCCCCCCCCCCCCO)C(C)CCCCCC. The molecule has 0 rings (SSSR count). The third-order valence-electron chi connectivity index (χ3n) is 9.14. The zero-order valence-corrected chi connectivity index (χ0v) is 26.9. The molecule has 38 heavy (non-hydrogen) atoms. The monoisotopic (exact) mass is 539 g/mol. The second kappa shape index (κ2) is 29.9. The Morgan fingerprint density at radius 2 is 0.711 bits per heavy atom. The van der Waals surface area contributed by atoms with E-state index in [1.54, 1.807) is 0 Å². The zero-order chi connectivity index (χ0) is 28.0. The summed E-state index contributed by atoms with van der Waals surface area (Å²) in [4.78, 5) is 0. The van der Waals surface area contributed by atoms with Gasteiger partial charge in [-0.25, -0.2) is 0 Å². The van der Waals surface area contributed by atoms with E-state index in [4.69, 9.17) is 5.11 Å². The molecule has 2 unspecified atom stereocenters. The van der Waals surface area contributed by atoms with E-state index in [9.17, 15) is 5.11 Å². The first-order valence-corrected chi connectivity index (χ1v) is 17.9. The minimum atomic E-state index is -0.425. The molecular weight excluding hydrogens is 464 g/mol. The second-order valence-electron chi connectivity index (χ2n) is 12.9. The molecule has 0 amide bonds. The van der Waals surface area contributed by atoms with Crippen molar-refractivity contribution in [2.24, 2.45) is 5.92 Å². The number of rotatable bonds is 32. The summed E-state index contributed by atoms with van der Waals surface area (Å²) in [7, 11) is 0. The van der Waals surface area contributed by atoms with Crippen LogP contribution in [0.25, 0.3) is 0 Å². The van der Waals surface area contributed by atoms with Crippen LogP contribution in [0.15, 0.2) is 0 Å². The minimum Gasteiger partial charge on any atom is -0.396 e. The quantitative estimate of drug-likeness (QED) is 0.0836. The Balaban J connectivity index is 4.00. The normalized spacial score (nSPS) is 14.1. The standard InChI is InChI=1S/C36H74O2/c1-4-6-8-10-11-18-21-24-28-32-36(38,35(3)31-27-9-7-5-2)33-29-25-22-19-16-14-12-13-15-17-20-23-26-30-34-37/h35,37-38H,4-34H2,1-3H3. The topological polar surface area (TPSA) is 40.5 Å². The molecule has 0 aliphatic heterocycles. The predicted molar refractivity (Wildman–Crippen MR) is 171 cm³/mol. The van der Waals surface area contributed by atoms with Gasteiger partial charge in [-0.05, 0) is 31.6 Å². The van der Waals surface area contributed by atoms with Crippen LogP contribution in [0.2, 0.25) is 0 Å². The molecule has 0 aromatic carbocycles. The van der Waals surface area contributed by atoms with Crippen molar-refractivity contribution in [2.45, 2.75) is 219 Å². The van der Waals surface area contributed by atoms with E-state index in [1.165, 1.54) is 173 Å². The predicted octanol–water partition coefficient (Wildman–Crippen LogP) is 12.1. The molecule has 0 aliphatic carbocycles. The maximum atomic E-state index is 11.7. The molecule has 0 aromatic rings. The molecule has 0 fully saturated rings. The molecule has 2 atom stereocenters. The Bertz CT molecular complexity index is 437. The van der Waals surface area contributed by atoms with Gasteiger partial charge < -0.3 is 10.2 Å². The first kappa shape index (κ1) is 37.9. The summed E-state index contributed by atoms with van der Waals surface area (Å²) in [5, 5.41) is 20.6. The lowest BCUT2D eigenvalue weighted by Gasteiger charge is -2.35. The van der Waals surface area contributed by atoms with E-state index >= 15 is 0 Å². The largest absolute Gasteiger partial charge is 0.396 e. The summed E-state index contributed by atoms with van der Waals surface area (Å²) in [6.07, 6.45) is 39.2. The molecule has 0 saturated carbocycles. The number of aliphatic hydroxyl groups is 2. The van der Waals surface area contributed by atoms with Crippen LogP contribution >= 0.6 is 0 Å². The summed E-state index contributed by atoms with van der Waals surface area (Å²) in [5.74, 6) is 0.447. The van der Waals surface area contributed by atoms with Gasteiger partial charge in [-0.2, -0.15) is 0 Å². The van der Waals surface area contributed by atoms with E-state index in [1.807, 2.05) is 0 Å². The molecule has 2 N–H and O–H groups in total. The molecule has 230 valence electrons. The fourth-order valence-electron chi connectivity index (χ4n) is 6.17. The minimum absolute atomic E-state index is 0.360. The summed E-state index contributed by atoms with van der Waals surface area (Å²) in [6.45, 7) is 7.28. The van der Waals surface area contributed by atoms with Crippen molar-refractivity contribution < 1.29 is 10.2 Å². The zero-order valence-electron chi connectivity index (χ0n) is 26.9. The van der Waals surface area contributed by atoms with Crippen molar-refractivity contribution >= 4 is 0 Å². The lowest BCUT2D eigenvalue weighted by atomic mass is 9.77. The Hall–Kier alpha value is -0.0800. The van der Waals surface area contributed by atoms with Gasteiger partial charge in [0.2, 0.25) is 0 Å². The van der Waals surface area contributed by atoms with Crippen LogP contribution in [0.1, 0.15) is 213 Å². The van der Waals surface area contributed by atoms with E-state index in [0.29, 0.717) is 12.5 Å².